The third-order valence-electron chi connectivity index (χ3n) is 6.02. The molecule has 7 heteroatoms. The Bertz CT molecular complexity index is 1100. The van der Waals surface area contributed by atoms with Gasteiger partial charge in [0.2, 0.25) is 11.8 Å². The van der Waals surface area contributed by atoms with Gasteiger partial charge in [-0.25, -0.2) is 8.42 Å². The molecule has 0 atom stereocenters. The van der Waals surface area contributed by atoms with Crippen molar-refractivity contribution in [1.29, 1.82) is 0 Å². The number of carbonyl (C=O) groups excluding carboxylic acids is 2. The molecule has 0 spiro atoms. The molecule has 0 aromatic heterocycles. The molecule has 0 aliphatic heterocycles. The molecule has 6 nitrogen and oxygen atoms in total. The average molecular weight is 429 g/mol. The maximum Gasteiger partial charge on any atom is 0.246 e. The monoisotopic (exact) mass is 428 g/mol. The van der Waals surface area contributed by atoms with Crippen molar-refractivity contribution in [2.45, 2.75) is 63.0 Å². The van der Waals surface area contributed by atoms with Crippen LogP contribution in [0.5, 0.6) is 0 Å². The van der Waals surface area contributed by atoms with E-state index >= 15 is 0 Å². The molecule has 3 rings (SSSR count). The van der Waals surface area contributed by atoms with Crippen LogP contribution in [0.4, 0.5) is 11.4 Å². The lowest BCUT2D eigenvalue weighted by Crippen LogP contribution is -2.47. The van der Waals surface area contributed by atoms with Crippen LogP contribution in [-0.4, -0.2) is 25.0 Å². The van der Waals surface area contributed by atoms with Crippen molar-refractivity contribution < 1.29 is 18.0 Å². The molecule has 0 radical (unpaired) electrons. The highest BCUT2D eigenvalue weighted by molar-refractivity contribution is 7.93. The van der Waals surface area contributed by atoms with Crippen molar-refractivity contribution in [1.82, 2.24) is 0 Å². The lowest BCUT2D eigenvalue weighted by molar-refractivity contribution is -0.118. The first-order chi connectivity index (χ1) is 14.1. The summed E-state index contributed by atoms with van der Waals surface area (Å²) in [6.07, 6.45) is 1.95. The summed E-state index contributed by atoms with van der Waals surface area (Å²) in [5.41, 5.74) is 3.64. The summed E-state index contributed by atoms with van der Waals surface area (Å²) in [5.74, 6) is -0.729. The number of hydrogen-bond donors (Lipinski definition) is 2. The van der Waals surface area contributed by atoms with E-state index in [9.17, 15) is 18.0 Å². The number of rotatable bonds is 5. The first kappa shape index (κ1) is 22.0. The standard InChI is InChI=1S/C23H28N2O4S/c1-15-10-11-19(14-16(15)2)30(28,29)23(12-5-6-13-23)22(27)25-21-9-7-8-20(17(21)3)24-18(4)26/h7-11,14H,5-6,12-13H2,1-4H3,(H,24,26)(H,25,27). The molecule has 2 aromatic rings. The van der Waals surface area contributed by atoms with Crippen molar-refractivity contribution in [3.05, 3.63) is 53.1 Å². The zero-order valence-electron chi connectivity index (χ0n) is 17.8. The fraction of sp³-hybridized carbons (Fsp3) is 0.391. The van der Waals surface area contributed by atoms with E-state index in [-0.39, 0.29) is 10.8 Å². The molecule has 1 fully saturated rings. The van der Waals surface area contributed by atoms with Crippen molar-refractivity contribution in [2.24, 2.45) is 0 Å². The van der Waals surface area contributed by atoms with Crippen LogP contribution >= 0.6 is 0 Å². The number of carbonyl (C=O) groups is 2. The van der Waals surface area contributed by atoms with Crippen LogP contribution in [-0.2, 0) is 19.4 Å². The van der Waals surface area contributed by atoms with Crippen LogP contribution in [0, 0.1) is 20.8 Å². The quantitative estimate of drug-likeness (QED) is 0.743. The fourth-order valence-corrected chi connectivity index (χ4v) is 6.15. The fourth-order valence-electron chi connectivity index (χ4n) is 4.00. The molecule has 1 saturated carbocycles. The van der Waals surface area contributed by atoms with Crippen molar-refractivity contribution >= 4 is 33.0 Å². The summed E-state index contributed by atoms with van der Waals surface area (Å²) >= 11 is 0. The minimum absolute atomic E-state index is 0.186. The number of nitrogens with one attached hydrogen (secondary N) is 2. The number of hydrogen-bond acceptors (Lipinski definition) is 4. The summed E-state index contributed by atoms with van der Waals surface area (Å²) in [6.45, 7) is 6.98. The highest BCUT2D eigenvalue weighted by Gasteiger charge is 2.53. The van der Waals surface area contributed by atoms with Gasteiger partial charge in [-0.15, -0.1) is 0 Å². The van der Waals surface area contributed by atoms with Crippen molar-refractivity contribution in [2.75, 3.05) is 10.6 Å². The van der Waals surface area contributed by atoms with Gasteiger partial charge in [-0.3, -0.25) is 9.59 Å². The highest BCUT2D eigenvalue weighted by Crippen LogP contribution is 2.42. The molecule has 0 bridgehead atoms. The first-order valence-corrected chi connectivity index (χ1v) is 11.6. The Morgan fingerprint density at radius 2 is 1.50 bits per heavy atom. The van der Waals surface area contributed by atoms with Crippen LogP contribution in [0.2, 0.25) is 0 Å². The molecular weight excluding hydrogens is 400 g/mol. The predicted octanol–water partition coefficient (Wildman–Crippen LogP) is 4.30. The van der Waals surface area contributed by atoms with Gasteiger partial charge >= 0.3 is 0 Å². The molecule has 1 aliphatic rings. The van der Waals surface area contributed by atoms with E-state index in [1.54, 1.807) is 43.3 Å². The van der Waals surface area contributed by atoms with E-state index in [0.29, 0.717) is 42.6 Å². The van der Waals surface area contributed by atoms with Crippen molar-refractivity contribution in [3.8, 4) is 0 Å². The molecule has 2 aromatic carbocycles. The number of sulfone groups is 1. The van der Waals surface area contributed by atoms with Gasteiger partial charge in [0, 0.05) is 18.3 Å². The van der Waals surface area contributed by atoms with E-state index in [1.807, 2.05) is 13.8 Å². The van der Waals surface area contributed by atoms with Gasteiger partial charge < -0.3 is 10.6 Å². The first-order valence-electron chi connectivity index (χ1n) is 10.1. The highest BCUT2D eigenvalue weighted by atomic mass is 32.2. The van der Waals surface area contributed by atoms with E-state index < -0.39 is 20.5 Å². The van der Waals surface area contributed by atoms with E-state index in [0.717, 1.165) is 11.1 Å². The van der Waals surface area contributed by atoms with Crippen LogP contribution in [0.15, 0.2) is 41.3 Å². The van der Waals surface area contributed by atoms with Gasteiger partial charge in [-0.1, -0.05) is 25.0 Å². The second-order valence-corrected chi connectivity index (χ2v) is 10.3. The third kappa shape index (κ3) is 3.86. The molecule has 0 unspecified atom stereocenters. The summed E-state index contributed by atoms with van der Waals surface area (Å²) in [7, 11) is -3.88. The number of benzene rings is 2. The summed E-state index contributed by atoms with van der Waals surface area (Å²) in [6, 6.07) is 10.2. The van der Waals surface area contributed by atoms with E-state index in [2.05, 4.69) is 10.6 Å². The van der Waals surface area contributed by atoms with Gasteiger partial charge in [-0.2, -0.15) is 0 Å². The number of aryl methyl sites for hydroxylation is 2. The molecule has 2 amide bonds. The van der Waals surface area contributed by atoms with Crippen LogP contribution in [0.1, 0.15) is 49.3 Å². The average Bonchev–Trinajstić information content (AvgIpc) is 3.18. The Morgan fingerprint density at radius 3 is 2.07 bits per heavy atom. The third-order valence-corrected chi connectivity index (χ3v) is 8.52. The lowest BCUT2D eigenvalue weighted by Gasteiger charge is -2.28. The van der Waals surface area contributed by atoms with E-state index in [4.69, 9.17) is 0 Å². The zero-order chi connectivity index (χ0) is 22.1. The van der Waals surface area contributed by atoms with Crippen molar-refractivity contribution in [3.63, 3.8) is 0 Å². The Labute approximate surface area is 178 Å². The molecule has 0 heterocycles. The molecule has 30 heavy (non-hydrogen) atoms. The Hall–Kier alpha value is -2.67. The second kappa shape index (κ2) is 8.22. The van der Waals surface area contributed by atoms with Crippen LogP contribution in [0.25, 0.3) is 0 Å². The van der Waals surface area contributed by atoms with Gasteiger partial charge in [0.25, 0.3) is 0 Å². The number of amides is 2. The largest absolute Gasteiger partial charge is 0.326 e. The maximum atomic E-state index is 13.6. The van der Waals surface area contributed by atoms with Gasteiger partial charge in [-0.05, 0) is 74.6 Å². The zero-order valence-corrected chi connectivity index (χ0v) is 18.7. The Kier molecular flexibility index (Phi) is 6.04. The maximum absolute atomic E-state index is 13.6. The predicted molar refractivity (Wildman–Crippen MR) is 118 cm³/mol. The summed E-state index contributed by atoms with van der Waals surface area (Å²) in [5, 5.41) is 5.56. The SMILES string of the molecule is CC(=O)Nc1cccc(NC(=O)C2(S(=O)(=O)c3ccc(C)c(C)c3)CCCC2)c1C. The normalized spacial score (nSPS) is 15.6. The Balaban J connectivity index is 1.99. The second-order valence-electron chi connectivity index (χ2n) is 8.06. The van der Waals surface area contributed by atoms with Gasteiger partial charge in [0.05, 0.1) is 4.90 Å². The van der Waals surface area contributed by atoms with Crippen LogP contribution < -0.4 is 10.6 Å². The lowest BCUT2D eigenvalue weighted by atomic mass is 10.1. The topological polar surface area (TPSA) is 92.3 Å². The number of anilines is 2. The van der Waals surface area contributed by atoms with Gasteiger partial charge in [0.15, 0.2) is 14.6 Å². The van der Waals surface area contributed by atoms with E-state index in [1.165, 1.54) is 6.92 Å². The molecular formula is C23H28N2O4S. The minimum Gasteiger partial charge on any atom is -0.326 e. The molecule has 1 aliphatic carbocycles. The summed E-state index contributed by atoms with van der Waals surface area (Å²) in [4.78, 5) is 25.0. The summed E-state index contributed by atoms with van der Waals surface area (Å²) < 4.78 is 25.8. The van der Waals surface area contributed by atoms with Crippen LogP contribution in [0.3, 0.4) is 0 Å². The molecule has 160 valence electrons. The smallest absolute Gasteiger partial charge is 0.246 e. The molecule has 2 N–H and O–H groups in total. The van der Waals surface area contributed by atoms with Gasteiger partial charge in [0.1, 0.15) is 0 Å². The Morgan fingerprint density at radius 1 is 0.900 bits per heavy atom. The molecule has 0 saturated heterocycles. The minimum atomic E-state index is -3.88.